The largest absolute Gasteiger partial charge is 0.462 e. The van der Waals surface area contributed by atoms with E-state index in [1.54, 1.807) is 0 Å². The van der Waals surface area contributed by atoms with Crippen molar-refractivity contribution >= 4 is 11.9 Å². The number of unbranched alkanes of at least 4 members (excludes halogenated alkanes) is 8. The van der Waals surface area contributed by atoms with Crippen LogP contribution in [0, 0.1) is 0 Å². The maximum Gasteiger partial charge on any atom is 0.306 e. The van der Waals surface area contributed by atoms with Crippen molar-refractivity contribution in [3.8, 4) is 0 Å². The van der Waals surface area contributed by atoms with E-state index in [2.05, 4.69) is 74.6 Å². The average molecular weight is 545 g/mol. The van der Waals surface area contributed by atoms with E-state index in [0.717, 1.165) is 57.8 Å². The van der Waals surface area contributed by atoms with E-state index in [4.69, 9.17) is 9.47 Å². The third-order valence-electron chi connectivity index (χ3n) is 6.08. The molecule has 0 bridgehead atoms. The van der Waals surface area contributed by atoms with Crippen molar-refractivity contribution in [2.75, 3.05) is 13.2 Å². The fourth-order valence-electron chi connectivity index (χ4n) is 3.76. The zero-order valence-corrected chi connectivity index (χ0v) is 24.9. The van der Waals surface area contributed by atoms with Crippen LogP contribution in [0.2, 0.25) is 0 Å². The summed E-state index contributed by atoms with van der Waals surface area (Å²) in [7, 11) is 0. The summed E-state index contributed by atoms with van der Waals surface area (Å²) in [6, 6.07) is 0. The predicted molar refractivity (Wildman–Crippen MR) is 163 cm³/mol. The van der Waals surface area contributed by atoms with Crippen LogP contribution in [0.3, 0.4) is 0 Å². The van der Waals surface area contributed by atoms with Crippen molar-refractivity contribution in [3.05, 3.63) is 60.8 Å². The number of ether oxygens (including phenoxy) is 2. The van der Waals surface area contributed by atoms with Gasteiger partial charge in [0.2, 0.25) is 0 Å². The van der Waals surface area contributed by atoms with Gasteiger partial charge in [0, 0.05) is 12.8 Å². The number of hydrogen-bond donors (Lipinski definition) is 1. The van der Waals surface area contributed by atoms with Gasteiger partial charge in [0.25, 0.3) is 0 Å². The van der Waals surface area contributed by atoms with Crippen molar-refractivity contribution in [2.45, 2.75) is 129 Å². The molecule has 0 amide bonds. The van der Waals surface area contributed by atoms with Crippen LogP contribution in [0.4, 0.5) is 0 Å². The lowest BCUT2D eigenvalue weighted by Crippen LogP contribution is -2.28. The topological polar surface area (TPSA) is 72.8 Å². The molecule has 5 heteroatoms. The van der Waals surface area contributed by atoms with Gasteiger partial charge < -0.3 is 14.6 Å². The maximum absolute atomic E-state index is 12.0. The Bertz CT molecular complexity index is 717. The molecule has 1 atom stereocenters. The first kappa shape index (κ1) is 36.6. The van der Waals surface area contributed by atoms with Crippen molar-refractivity contribution in [2.24, 2.45) is 0 Å². The molecule has 0 aliphatic carbocycles. The molecule has 5 nitrogen and oxygen atoms in total. The van der Waals surface area contributed by atoms with Gasteiger partial charge in [-0.25, -0.2) is 0 Å². The number of aliphatic hydroxyl groups is 1. The van der Waals surface area contributed by atoms with Crippen LogP contribution in [0.1, 0.15) is 123 Å². The highest BCUT2D eigenvalue weighted by Gasteiger charge is 2.15. The summed E-state index contributed by atoms with van der Waals surface area (Å²) in [5.74, 6) is -0.672. The maximum atomic E-state index is 12.0. The second-order valence-electron chi connectivity index (χ2n) is 9.80. The van der Waals surface area contributed by atoms with E-state index in [-0.39, 0.29) is 25.2 Å². The minimum absolute atomic E-state index is 0.0971. The molecule has 222 valence electrons. The quantitative estimate of drug-likeness (QED) is 0.0669. The summed E-state index contributed by atoms with van der Waals surface area (Å²) >= 11 is 0. The van der Waals surface area contributed by atoms with Crippen molar-refractivity contribution in [3.63, 3.8) is 0 Å². The fraction of sp³-hybridized carbons (Fsp3) is 0.647. The second kappa shape index (κ2) is 30.1. The molecule has 0 heterocycles. The normalized spacial score (nSPS) is 13.0. The van der Waals surface area contributed by atoms with Gasteiger partial charge in [0.05, 0.1) is 6.61 Å². The zero-order chi connectivity index (χ0) is 28.7. The number of carbonyl (C=O) groups is 2. The number of allylic oxidation sites excluding steroid dienone is 10. The first-order valence-corrected chi connectivity index (χ1v) is 15.3. The molecule has 0 saturated heterocycles. The molecule has 0 aromatic heterocycles. The molecule has 1 N–H and O–H groups in total. The summed E-state index contributed by atoms with van der Waals surface area (Å²) in [6.07, 6.45) is 37.1. The highest BCUT2D eigenvalue weighted by molar-refractivity contribution is 5.70. The molecule has 0 rings (SSSR count). The van der Waals surface area contributed by atoms with Gasteiger partial charge in [-0.05, 0) is 51.4 Å². The molecule has 0 spiro atoms. The highest BCUT2D eigenvalue weighted by atomic mass is 16.6. The number of esters is 2. The van der Waals surface area contributed by atoms with E-state index in [0.29, 0.717) is 19.3 Å². The van der Waals surface area contributed by atoms with Gasteiger partial charge in [-0.15, -0.1) is 0 Å². The van der Waals surface area contributed by atoms with Crippen LogP contribution < -0.4 is 0 Å². The number of hydrogen-bond acceptors (Lipinski definition) is 5. The van der Waals surface area contributed by atoms with E-state index in [1.807, 2.05) is 0 Å². The molecular formula is C34H56O5. The van der Waals surface area contributed by atoms with Gasteiger partial charge >= 0.3 is 11.9 Å². The molecule has 0 aromatic carbocycles. The van der Waals surface area contributed by atoms with Crippen molar-refractivity contribution in [1.29, 1.82) is 0 Å². The predicted octanol–water partition coefficient (Wildman–Crippen LogP) is 8.89. The summed E-state index contributed by atoms with van der Waals surface area (Å²) in [6.45, 7) is 3.90. The highest BCUT2D eigenvalue weighted by Crippen LogP contribution is 2.10. The summed E-state index contributed by atoms with van der Waals surface area (Å²) in [5.41, 5.74) is 0. The van der Waals surface area contributed by atoms with Crippen LogP contribution in [0.25, 0.3) is 0 Å². The molecule has 0 saturated carbocycles. The summed E-state index contributed by atoms with van der Waals surface area (Å²) < 4.78 is 10.4. The van der Waals surface area contributed by atoms with Crippen LogP contribution >= 0.6 is 0 Å². The van der Waals surface area contributed by atoms with Crippen LogP contribution in [0.15, 0.2) is 60.8 Å². The Morgan fingerprint density at radius 1 is 0.615 bits per heavy atom. The van der Waals surface area contributed by atoms with E-state index < -0.39 is 6.10 Å². The van der Waals surface area contributed by atoms with Gasteiger partial charge in [-0.3, -0.25) is 9.59 Å². The Morgan fingerprint density at radius 2 is 1.10 bits per heavy atom. The smallest absolute Gasteiger partial charge is 0.306 e. The SMILES string of the molecule is CC/C=C/C/C=C/C/C=C/C/C=C/C/C=C/CCCC(=O)OC[C@H](CO)OC(=O)CCCCCCCCCC. The van der Waals surface area contributed by atoms with Crippen LogP contribution in [0.5, 0.6) is 0 Å². The lowest BCUT2D eigenvalue weighted by molar-refractivity contribution is -0.161. The number of aliphatic hydroxyl groups excluding tert-OH is 1. The lowest BCUT2D eigenvalue weighted by Gasteiger charge is -2.15. The minimum atomic E-state index is -0.790. The Hall–Kier alpha value is -2.40. The van der Waals surface area contributed by atoms with Crippen molar-refractivity contribution in [1.82, 2.24) is 0 Å². The third kappa shape index (κ3) is 28.4. The second-order valence-corrected chi connectivity index (χ2v) is 9.80. The number of carbonyl (C=O) groups excluding carboxylic acids is 2. The average Bonchev–Trinajstić information content (AvgIpc) is 2.94. The molecule has 0 aliphatic heterocycles. The number of rotatable bonds is 26. The fourth-order valence-corrected chi connectivity index (χ4v) is 3.76. The minimum Gasteiger partial charge on any atom is -0.462 e. The molecule has 0 aromatic rings. The Morgan fingerprint density at radius 3 is 1.64 bits per heavy atom. The molecule has 0 radical (unpaired) electrons. The molecule has 0 unspecified atom stereocenters. The van der Waals surface area contributed by atoms with Gasteiger partial charge in [0.15, 0.2) is 6.10 Å². The molecule has 0 aliphatic rings. The lowest BCUT2D eigenvalue weighted by atomic mass is 10.1. The molecular weight excluding hydrogens is 488 g/mol. The Kier molecular flexibility index (Phi) is 28.3. The standard InChI is InChI=1S/C34H56O5/c1-3-5-7-9-11-13-14-15-16-17-18-19-20-21-23-24-26-28-33(36)38-31-32(30-35)39-34(37)29-27-25-22-12-10-8-6-4-2/h5,7,11,13,15-16,18-19,21,23,32,35H,3-4,6,8-10,12,14,17,20,22,24-31H2,1-2H3/b7-5+,13-11+,16-15+,19-18+,23-21+/t32-/m0/s1. The third-order valence-corrected chi connectivity index (χ3v) is 6.08. The Balaban J connectivity index is 3.75. The first-order chi connectivity index (χ1) is 19.1. The monoisotopic (exact) mass is 544 g/mol. The van der Waals surface area contributed by atoms with Gasteiger partial charge in [-0.1, -0.05) is 120 Å². The van der Waals surface area contributed by atoms with Gasteiger partial charge in [0.1, 0.15) is 6.61 Å². The summed E-state index contributed by atoms with van der Waals surface area (Å²) in [5, 5.41) is 9.44. The Labute approximate surface area is 239 Å². The van der Waals surface area contributed by atoms with Gasteiger partial charge in [-0.2, -0.15) is 0 Å². The van der Waals surface area contributed by atoms with Crippen LogP contribution in [-0.4, -0.2) is 36.4 Å². The van der Waals surface area contributed by atoms with Crippen molar-refractivity contribution < 1.29 is 24.2 Å². The molecule has 39 heavy (non-hydrogen) atoms. The van der Waals surface area contributed by atoms with Crippen LogP contribution in [-0.2, 0) is 19.1 Å². The van der Waals surface area contributed by atoms with E-state index in [9.17, 15) is 14.7 Å². The zero-order valence-electron chi connectivity index (χ0n) is 24.9. The van der Waals surface area contributed by atoms with E-state index in [1.165, 1.54) is 32.1 Å². The van der Waals surface area contributed by atoms with E-state index >= 15 is 0 Å². The molecule has 0 fully saturated rings. The summed E-state index contributed by atoms with van der Waals surface area (Å²) in [4.78, 5) is 23.9. The first-order valence-electron chi connectivity index (χ1n) is 15.3.